The minimum atomic E-state index is 0.532. The number of hydrogen-bond donors (Lipinski definition) is 1. The molecule has 4 heteroatoms. The van der Waals surface area contributed by atoms with Crippen molar-refractivity contribution in [3.8, 4) is 0 Å². The van der Waals surface area contributed by atoms with Crippen LogP contribution < -0.4 is 5.32 Å². The maximum atomic E-state index is 5.62. The van der Waals surface area contributed by atoms with Gasteiger partial charge >= 0.3 is 0 Å². The lowest BCUT2D eigenvalue weighted by molar-refractivity contribution is 0.237. The average Bonchev–Trinajstić information content (AvgIpc) is 2.79. The van der Waals surface area contributed by atoms with Crippen LogP contribution in [-0.2, 0) is 6.42 Å². The first kappa shape index (κ1) is 12.6. The molecule has 2 rings (SSSR count). The first-order valence-corrected chi connectivity index (χ1v) is 6.57. The van der Waals surface area contributed by atoms with Gasteiger partial charge in [0.15, 0.2) is 5.89 Å². The van der Waals surface area contributed by atoms with Gasteiger partial charge in [-0.1, -0.05) is 0 Å². The van der Waals surface area contributed by atoms with Crippen LogP contribution in [0.25, 0.3) is 0 Å². The summed E-state index contributed by atoms with van der Waals surface area (Å²) in [5, 5.41) is 3.15. The highest BCUT2D eigenvalue weighted by atomic mass is 16.3. The number of rotatable bonds is 5. The number of nitrogens with zero attached hydrogens (tertiary/aromatic N) is 2. The number of aryl methyl sites for hydroxylation is 1. The Balaban J connectivity index is 1.85. The van der Waals surface area contributed by atoms with Crippen molar-refractivity contribution < 1.29 is 4.42 Å². The molecule has 0 bridgehead atoms. The topological polar surface area (TPSA) is 41.3 Å². The highest BCUT2D eigenvalue weighted by molar-refractivity contribution is 5.02. The van der Waals surface area contributed by atoms with E-state index < -0.39 is 0 Å². The number of piperidine rings is 1. The molecule has 1 aromatic heterocycles. The van der Waals surface area contributed by atoms with Crippen molar-refractivity contribution in [1.29, 1.82) is 0 Å². The van der Waals surface area contributed by atoms with Gasteiger partial charge in [0.25, 0.3) is 0 Å². The highest BCUT2D eigenvalue weighted by Crippen LogP contribution is 2.26. The molecule has 0 radical (unpaired) electrons. The molecule has 0 atom stereocenters. The Kier molecular flexibility index (Phi) is 4.57. The summed E-state index contributed by atoms with van der Waals surface area (Å²) in [7, 11) is 4.15. The monoisotopic (exact) mass is 237 g/mol. The van der Waals surface area contributed by atoms with Crippen molar-refractivity contribution >= 4 is 0 Å². The molecule has 0 amide bonds. The van der Waals surface area contributed by atoms with Crippen LogP contribution in [-0.4, -0.2) is 43.6 Å². The summed E-state index contributed by atoms with van der Waals surface area (Å²) in [5.41, 5.74) is 1.11. The van der Waals surface area contributed by atoms with Gasteiger partial charge < -0.3 is 14.6 Å². The molecule has 0 aromatic carbocycles. The Hall–Kier alpha value is -0.870. The van der Waals surface area contributed by atoms with Gasteiger partial charge in [0.2, 0.25) is 0 Å². The maximum Gasteiger partial charge on any atom is 0.197 e. The second-order valence-electron chi connectivity index (χ2n) is 4.96. The molecule has 17 heavy (non-hydrogen) atoms. The van der Waals surface area contributed by atoms with Crippen LogP contribution in [0, 0.1) is 0 Å². The second-order valence-corrected chi connectivity index (χ2v) is 4.96. The van der Waals surface area contributed by atoms with Crippen LogP contribution in [0.1, 0.15) is 36.8 Å². The molecule has 96 valence electrons. The molecule has 1 aliphatic heterocycles. The molecule has 2 heterocycles. The van der Waals surface area contributed by atoms with Gasteiger partial charge in [-0.05, 0) is 59.4 Å². The fourth-order valence-electron chi connectivity index (χ4n) is 2.33. The van der Waals surface area contributed by atoms with E-state index in [4.69, 9.17) is 4.42 Å². The van der Waals surface area contributed by atoms with Gasteiger partial charge in [0.1, 0.15) is 6.26 Å². The van der Waals surface area contributed by atoms with Crippen LogP contribution >= 0.6 is 0 Å². The van der Waals surface area contributed by atoms with Gasteiger partial charge in [-0.2, -0.15) is 0 Å². The number of likely N-dealkylation sites (tertiary alicyclic amines) is 1. The third-order valence-corrected chi connectivity index (χ3v) is 3.50. The molecule has 4 nitrogen and oxygen atoms in total. The smallest absolute Gasteiger partial charge is 0.197 e. The quantitative estimate of drug-likeness (QED) is 0.790. The van der Waals surface area contributed by atoms with E-state index in [-0.39, 0.29) is 0 Å². The lowest BCUT2D eigenvalue weighted by Crippen LogP contribution is -2.29. The van der Waals surface area contributed by atoms with E-state index in [1.165, 1.54) is 12.8 Å². The van der Waals surface area contributed by atoms with Crippen LogP contribution in [0.2, 0.25) is 0 Å². The SMILES string of the molecule is CNCCCc1coc(C2CCN(C)CC2)n1. The van der Waals surface area contributed by atoms with E-state index in [1.54, 1.807) is 0 Å². The molecule has 1 aliphatic rings. The Morgan fingerprint density at radius 3 is 2.94 bits per heavy atom. The number of hydrogen-bond acceptors (Lipinski definition) is 4. The Morgan fingerprint density at radius 1 is 1.47 bits per heavy atom. The third-order valence-electron chi connectivity index (χ3n) is 3.50. The summed E-state index contributed by atoms with van der Waals surface area (Å²) in [6, 6.07) is 0. The van der Waals surface area contributed by atoms with Crippen molar-refractivity contribution in [3.63, 3.8) is 0 Å². The molecule has 1 N–H and O–H groups in total. The predicted molar refractivity (Wildman–Crippen MR) is 68.2 cm³/mol. The minimum Gasteiger partial charge on any atom is -0.448 e. The number of nitrogens with one attached hydrogen (secondary N) is 1. The fraction of sp³-hybridized carbons (Fsp3) is 0.769. The first-order valence-electron chi connectivity index (χ1n) is 6.57. The van der Waals surface area contributed by atoms with Gasteiger partial charge in [0, 0.05) is 5.92 Å². The molecule has 0 unspecified atom stereocenters. The molecule has 1 saturated heterocycles. The van der Waals surface area contributed by atoms with E-state index in [0.29, 0.717) is 5.92 Å². The van der Waals surface area contributed by atoms with Gasteiger partial charge in [-0.25, -0.2) is 4.98 Å². The van der Waals surface area contributed by atoms with E-state index in [1.807, 2.05) is 13.3 Å². The third kappa shape index (κ3) is 3.54. The lowest BCUT2D eigenvalue weighted by atomic mass is 9.97. The molecular formula is C13H23N3O. The number of oxazole rings is 1. The van der Waals surface area contributed by atoms with E-state index >= 15 is 0 Å². The maximum absolute atomic E-state index is 5.62. The molecular weight excluding hydrogens is 214 g/mol. The molecule has 1 aromatic rings. The largest absolute Gasteiger partial charge is 0.448 e. The number of aromatic nitrogens is 1. The van der Waals surface area contributed by atoms with Gasteiger partial charge in [-0.3, -0.25) is 0 Å². The molecule has 1 fully saturated rings. The zero-order valence-corrected chi connectivity index (χ0v) is 10.9. The first-order chi connectivity index (χ1) is 8.29. The second kappa shape index (κ2) is 6.17. The van der Waals surface area contributed by atoms with E-state index in [2.05, 4.69) is 22.2 Å². The average molecular weight is 237 g/mol. The van der Waals surface area contributed by atoms with Crippen molar-refractivity contribution in [2.24, 2.45) is 0 Å². The standard InChI is InChI=1S/C13H23N3O/c1-14-7-3-4-12-10-17-13(15-12)11-5-8-16(2)9-6-11/h10-11,14H,3-9H2,1-2H3. The van der Waals surface area contributed by atoms with Crippen LogP contribution in [0.15, 0.2) is 10.7 Å². The van der Waals surface area contributed by atoms with Gasteiger partial charge in [0.05, 0.1) is 5.69 Å². The van der Waals surface area contributed by atoms with Crippen LogP contribution in [0.5, 0.6) is 0 Å². The van der Waals surface area contributed by atoms with E-state index in [0.717, 1.165) is 44.1 Å². The summed E-state index contributed by atoms with van der Waals surface area (Å²) in [6.45, 7) is 3.35. The summed E-state index contributed by atoms with van der Waals surface area (Å²) in [5.74, 6) is 1.49. The normalized spacial score (nSPS) is 18.7. The zero-order chi connectivity index (χ0) is 12.1. The zero-order valence-electron chi connectivity index (χ0n) is 10.9. The Bertz CT molecular complexity index is 329. The van der Waals surface area contributed by atoms with Crippen LogP contribution in [0.4, 0.5) is 0 Å². The summed E-state index contributed by atoms with van der Waals surface area (Å²) < 4.78 is 5.62. The minimum absolute atomic E-state index is 0.532. The van der Waals surface area contributed by atoms with Crippen molar-refractivity contribution in [2.75, 3.05) is 33.7 Å². The molecule has 0 aliphatic carbocycles. The predicted octanol–water partition coefficient (Wildman–Crippen LogP) is 1.64. The van der Waals surface area contributed by atoms with Crippen molar-refractivity contribution in [1.82, 2.24) is 15.2 Å². The highest BCUT2D eigenvalue weighted by Gasteiger charge is 2.22. The summed E-state index contributed by atoms with van der Waals surface area (Å²) in [4.78, 5) is 6.99. The summed E-state index contributed by atoms with van der Waals surface area (Å²) in [6.07, 6.45) is 6.32. The lowest BCUT2D eigenvalue weighted by Gasteiger charge is -2.26. The Morgan fingerprint density at radius 2 is 2.24 bits per heavy atom. The van der Waals surface area contributed by atoms with E-state index in [9.17, 15) is 0 Å². The Labute approximate surface area is 103 Å². The van der Waals surface area contributed by atoms with Gasteiger partial charge in [-0.15, -0.1) is 0 Å². The molecule has 0 saturated carbocycles. The van der Waals surface area contributed by atoms with Crippen molar-refractivity contribution in [2.45, 2.75) is 31.6 Å². The van der Waals surface area contributed by atoms with Crippen LogP contribution in [0.3, 0.4) is 0 Å². The molecule has 0 spiro atoms. The van der Waals surface area contributed by atoms with Crippen molar-refractivity contribution in [3.05, 3.63) is 17.8 Å². The fourth-order valence-corrected chi connectivity index (χ4v) is 2.33. The summed E-state index contributed by atoms with van der Waals surface area (Å²) >= 11 is 0.